The van der Waals surface area contributed by atoms with E-state index in [1.807, 2.05) is 0 Å². The molecule has 1 N–H and O–H groups in total. The monoisotopic (exact) mass is 253 g/mol. The molecule has 0 saturated carbocycles. The zero-order valence-electron chi connectivity index (χ0n) is 9.51. The molecule has 2 nitrogen and oxygen atoms in total. The van der Waals surface area contributed by atoms with Gasteiger partial charge in [-0.15, -0.1) is 0 Å². The molecular formula is C13H10F3NO. The zero-order valence-corrected chi connectivity index (χ0v) is 9.51. The van der Waals surface area contributed by atoms with Gasteiger partial charge in [0.25, 0.3) is 0 Å². The molecule has 0 heterocycles. The van der Waals surface area contributed by atoms with E-state index in [1.54, 1.807) is 0 Å². The highest BCUT2D eigenvalue weighted by Crippen LogP contribution is 2.29. The summed E-state index contributed by atoms with van der Waals surface area (Å²) in [5, 5.41) is 2.59. The van der Waals surface area contributed by atoms with E-state index in [4.69, 9.17) is 4.74 Å². The number of nitrogens with one attached hydrogen (secondary N) is 1. The highest BCUT2D eigenvalue weighted by atomic mass is 19.1. The second-order valence-corrected chi connectivity index (χ2v) is 3.59. The van der Waals surface area contributed by atoms with Crippen LogP contribution in [0.1, 0.15) is 0 Å². The number of methoxy groups -OCH3 is 1. The Morgan fingerprint density at radius 2 is 1.50 bits per heavy atom. The van der Waals surface area contributed by atoms with Crippen LogP contribution in [0.15, 0.2) is 36.4 Å². The Morgan fingerprint density at radius 3 is 2.17 bits per heavy atom. The number of anilines is 2. The molecule has 0 bridgehead atoms. The summed E-state index contributed by atoms with van der Waals surface area (Å²) in [4.78, 5) is 0. The molecule has 0 saturated heterocycles. The summed E-state index contributed by atoms with van der Waals surface area (Å²) in [5.41, 5.74) is 0.140. The van der Waals surface area contributed by atoms with Gasteiger partial charge in [0.2, 0.25) is 0 Å². The maximum atomic E-state index is 13.4. The first-order chi connectivity index (χ1) is 8.60. The van der Waals surface area contributed by atoms with Crippen LogP contribution in [0.25, 0.3) is 0 Å². The van der Waals surface area contributed by atoms with Crippen LogP contribution in [0.5, 0.6) is 5.75 Å². The lowest BCUT2D eigenvalue weighted by Crippen LogP contribution is -1.98. The van der Waals surface area contributed by atoms with Crippen LogP contribution in [-0.2, 0) is 0 Å². The maximum Gasteiger partial charge on any atom is 0.146 e. The lowest BCUT2D eigenvalue weighted by atomic mass is 10.2. The molecule has 2 rings (SSSR count). The van der Waals surface area contributed by atoms with E-state index < -0.39 is 17.5 Å². The summed E-state index contributed by atoms with van der Waals surface area (Å²) in [6.07, 6.45) is 0. The van der Waals surface area contributed by atoms with Crippen molar-refractivity contribution in [2.75, 3.05) is 12.4 Å². The molecule has 0 aliphatic carbocycles. The summed E-state index contributed by atoms with van der Waals surface area (Å²) in [6, 6.07) is 6.73. The summed E-state index contributed by atoms with van der Waals surface area (Å²) < 4.78 is 44.5. The van der Waals surface area contributed by atoms with Gasteiger partial charge in [0, 0.05) is 12.1 Å². The largest absolute Gasteiger partial charge is 0.495 e. The molecule has 0 radical (unpaired) electrons. The van der Waals surface area contributed by atoms with Crippen molar-refractivity contribution in [2.24, 2.45) is 0 Å². The lowest BCUT2D eigenvalue weighted by Gasteiger charge is -2.11. The second kappa shape index (κ2) is 5.00. The quantitative estimate of drug-likeness (QED) is 0.896. The molecule has 0 aromatic heterocycles. The Hall–Kier alpha value is -2.17. The molecule has 0 amide bonds. The van der Waals surface area contributed by atoms with Gasteiger partial charge in [-0.3, -0.25) is 0 Å². The third-order valence-electron chi connectivity index (χ3n) is 2.36. The normalized spacial score (nSPS) is 10.2. The van der Waals surface area contributed by atoms with Crippen molar-refractivity contribution in [1.29, 1.82) is 0 Å². The van der Waals surface area contributed by atoms with Gasteiger partial charge < -0.3 is 10.1 Å². The van der Waals surface area contributed by atoms with Crippen molar-refractivity contribution in [3.8, 4) is 5.75 Å². The predicted octanol–water partition coefficient (Wildman–Crippen LogP) is 3.86. The van der Waals surface area contributed by atoms with Crippen molar-refractivity contribution >= 4 is 11.4 Å². The first-order valence-electron chi connectivity index (χ1n) is 5.16. The van der Waals surface area contributed by atoms with E-state index in [9.17, 15) is 13.2 Å². The second-order valence-electron chi connectivity index (χ2n) is 3.59. The average molecular weight is 253 g/mol. The summed E-state index contributed by atoms with van der Waals surface area (Å²) in [5.74, 6) is -1.40. The van der Waals surface area contributed by atoms with Crippen LogP contribution in [0.3, 0.4) is 0 Å². The number of ether oxygens (including phenoxy) is 1. The van der Waals surface area contributed by atoms with E-state index in [0.717, 1.165) is 24.3 Å². The molecular weight excluding hydrogens is 243 g/mol. The Labute approximate surface area is 102 Å². The van der Waals surface area contributed by atoms with Gasteiger partial charge in [-0.05, 0) is 24.3 Å². The molecule has 5 heteroatoms. The number of hydrogen-bond donors (Lipinski definition) is 1. The third kappa shape index (κ3) is 2.56. The minimum Gasteiger partial charge on any atom is -0.495 e. The fourth-order valence-electron chi connectivity index (χ4n) is 1.52. The Balaban J connectivity index is 2.38. The number of hydrogen-bond acceptors (Lipinski definition) is 2. The van der Waals surface area contributed by atoms with E-state index >= 15 is 0 Å². The fourth-order valence-corrected chi connectivity index (χ4v) is 1.52. The molecule has 0 aliphatic heterocycles. The van der Waals surface area contributed by atoms with Crippen LogP contribution in [-0.4, -0.2) is 7.11 Å². The predicted molar refractivity (Wildman–Crippen MR) is 62.6 cm³/mol. The zero-order chi connectivity index (χ0) is 13.1. The minimum atomic E-state index is -0.636. The highest BCUT2D eigenvalue weighted by Gasteiger charge is 2.09. The molecule has 0 spiro atoms. The number of benzene rings is 2. The molecule has 18 heavy (non-hydrogen) atoms. The molecule has 0 fully saturated rings. The van der Waals surface area contributed by atoms with Gasteiger partial charge in [-0.1, -0.05) is 0 Å². The summed E-state index contributed by atoms with van der Waals surface area (Å²) >= 11 is 0. The molecule has 2 aromatic rings. The molecule has 94 valence electrons. The van der Waals surface area contributed by atoms with Gasteiger partial charge >= 0.3 is 0 Å². The van der Waals surface area contributed by atoms with Gasteiger partial charge in [0.15, 0.2) is 0 Å². The minimum absolute atomic E-state index is 0.0844. The average Bonchev–Trinajstić information content (AvgIpc) is 2.34. The van der Waals surface area contributed by atoms with Crippen LogP contribution in [0.2, 0.25) is 0 Å². The van der Waals surface area contributed by atoms with E-state index in [0.29, 0.717) is 5.75 Å². The standard InChI is InChI=1S/C13H10F3NO/c1-18-13-5-3-9(15)7-12(13)17-11-6-8(14)2-4-10(11)16/h2-7,17H,1H3. The van der Waals surface area contributed by atoms with Crippen molar-refractivity contribution in [3.63, 3.8) is 0 Å². The Bertz CT molecular complexity index is 572. The van der Waals surface area contributed by atoms with Crippen LogP contribution >= 0.6 is 0 Å². The smallest absolute Gasteiger partial charge is 0.146 e. The van der Waals surface area contributed by atoms with E-state index in [1.165, 1.54) is 19.2 Å². The lowest BCUT2D eigenvalue weighted by molar-refractivity contribution is 0.415. The summed E-state index contributed by atoms with van der Waals surface area (Å²) in [7, 11) is 1.40. The Morgan fingerprint density at radius 1 is 0.889 bits per heavy atom. The number of rotatable bonds is 3. The van der Waals surface area contributed by atoms with Crippen molar-refractivity contribution in [2.45, 2.75) is 0 Å². The highest BCUT2D eigenvalue weighted by molar-refractivity contribution is 5.66. The SMILES string of the molecule is COc1ccc(F)cc1Nc1cc(F)ccc1F. The van der Waals surface area contributed by atoms with E-state index in [2.05, 4.69) is 5.32 Å². The van der Waals surface area contributed by atoms with Crippen LogP contribution < -0.4 is 10.1 Å². The van der Waals surface area contributed by atoms with E-state index in [-0.39, 0.29) is 11.4 Å². The fraction of sp³-hybridized carbons (Fsp3) is 0.0769. The molecule has 0 aliphatic rings. The van der Waals surface area contributed by atoms with Gasteiger partial charge in [0.1, 0.15) is 23.2 Å². The first kappa shape index (κ1) is 12.3. The Kier molecular flexibility index (Phi) is 3.41. The van der Waals surface area contributed by atoms with Gasteiger partial charge in [-0.2, -0.15) is 0 Å². The summed E-state index contributed by atoms with van der Waals surface area (Å²) in [6.45, 7) is 0. The number of halogens is 3. The van der Waals surface area contributed by atoms with Crippen LogP contribution in [0.4, 0.5) is 24.5 Å². The first-order valence-corrected chi connectivity index (χ1v) is 5.16. The van der Waals surface area contributed by atoms with Crippen molar-refractivity contribution < 1.29 is 17.9 Å². The van der Waals surface area contributed by atoms with Crippen molar-refractivity contribution in [3.05, 3.63) is 53.8 Å². The topological polar surface area (TPSA) is 21.3 Å². The maximum absolute atomic E-state index is 13.4. The van der Waals surface area contributed by atoms with Gasteiger partial charge in [-0.25, -0.2) is 13.2 Å². The van der Waals surface area contributed by atoms with Crippen LogP contribution in [0, 0.1) is 17.5 Å². The van der Waals surface area contributed by atoms with Gasteiger partial charge in [0.05, 0.1) is 18.5 Å². The molecule has 0 atom stereocenters. The molecule has 2 aromatic carbocycles. The third-order valence-corrected chi connectivity index (χ3v) is 2.36. The molecule has 0 unspecified atom stereocenters. The van der Waals surface area contributed by atoms with Crippen molar-refractivity contribution in [1.82, 2.24) is 0 Å².